The van der Waals surface area contributed by atoms with Crippen molar-refractivity contribution in [2.75, 3.05) is 5.32 Å². The van der Waals surface area contributed by atoms with Crippen LogP contribution < -0.4 is 16.2 Å². The van der Waals surface area contributed by atoms with Crippen molar-refractivity contribution < 1.29 is 14.0 Å². The Hall–Kier alpha value is -2.35. The van der Waals surface area contributed by atoms with Crippen LogP contribution in [0.25, 0.3) is 0 Å². The fourth-order valence-electron chi connectivity index (χ4n) is 1.45. The van der Waals surface area contributed by atoms with Crippen LogP contribution in [0.5, 0.6) is 0 Å². The molecule has 0 aromatic carbocycles. The first-order chi connectivity index (χ1) is 9.06. The van der Waals surface area contributed by atoms with Crippen molar-refractivity contribution in [2.24, 2.45) is 0 Å². The van der Waals surface area contributed by atoms with E-state index in [9.17, 15) is 9.59 Å². The molecule has 0 bridgehead atoms. The summed E-state index contributed by atoms with van der Waals surface area (Å²) in [6.07, 6.45) is 1.57. The minimum Gasteiger partial charge on any atom is -0.466 e. The maximum absolute atomic E-state index is 11.8. The minimum absolute atomic E-state index is 0.382. The van der Waals surface area contributed by atoms with Crippen LogP contribution in [0.1, 0.15) is 21.9 Å². The lowest BCUT2D eigenvalue weighted by molar-refractivity contribution is 0.0936. The second-order valence-corrected chi connectivity index (χ2v) is 4.59. The van der Waals surface area contributed by atoms with Crippen molar-refractivity contribution in [3.63, 3.8) is 0 Å². The fourth-order valence-corrected chi connectivity index (χ4v) is 1.97. The van der Waals surface area contributed by atoms with Gasteiger partial charge in [0.25, 0.3) is 5.91 Å². The lowest BCUT2D eigenvalue weighted by atomic mass is 10.2. The van der Waals surface area contributed by atoms with Gasteiger partial charge in [-0.3, -0.25) is 15.5 Å². The number of hydrogen-bond donors (Lipinski definition) is 3. The van der Waals surface area contributed by atoms with Crippen LogP contribution in [0, 0.1) is 13.8 Å². The first-order valence-electron chi connectivity index (χ1n) is 5.40. The number of aryl methyl sites for hydroxylation is 2. The number of aromatic nitrogens is 1. The first kappa shape index (κ1) is 13.1. The van der Waals surface area contributed by atoms with Crippen LogP contribution in [0.2, 0.25) is 0 Å². The molecule has 2 aromatic heterocycles. The van der Waals surface area contributed by atoms with Crippen molar-refractivity contribution in [3.05, 3.63) is 34.7 Å². The number of rotatable bonds is 2. The molecule has 3 amide bonds. The SMILES string of the molecule is Cc1cc(C(=O)NNC(=O)Nc2nccs2)c(C)o1. The van der Waals surface area contributed by atoms with Crippen LogP contribution in [-0.4, -0.2) is 16.9 Å². The van der Waals surface area contributed by atoms with E-state index in [2.05, 4.69) is 21.2 Å². The molecule has 0 unspecified atom stereocenters. The maximum atomic E-state index is 11.8. The summed E-state index contributed by atoms with van der Waals surface area (Å²) in [5, 5.41) is 4.64. The van der Waals surface area contributed by atoms with Gasteiger partial charge in [-0.25, -0.2) is 15.2 Å². The third kappa shape index (κ3) is 3.32. The Kier molecular flexibility index (Phi) is 3.81. The Morgan fingerprint density at radius 2 is 2.11 bits per heavy atom. The summed E-state index contributed by atoms with van der Waals surface area (Å²) in [7, 11) is 0. The van der Waals surface area contributed by atoms with E-state index < -0.39 is 11.9 Å². The highest BCUT2D eigenvalue weighted by Gasteiger charge is 2.14. The van der Waals surface area contributed by atoms with Crippen molar-refractivity contribution in [3.8, 4) is 0 Å². The Bertz CT molecular complexity index is 591. The second kappa shape index (κ2) is 5.53. The second-order valence-electron chi connectivity index (χ2n) is 3.70. The Balaban J connectivity index is 1.87. The number of nitrogens with one attached hydrogen (secondary N) is 3. The van der Waals surface area contributed by atoms with Gasteiger partial charge in [0, 0.05) is 11.6 Å². The molecule has 0 aliphatic rings. The number of urea groups is 1. The van der Waals surface area contributed by atoms with Gasteiger partial charge < -0.3 is 4.42 Å². The average Bonchev–Trinajstić information content (AvgIpc) is 2.96. The first-order valence-corrected chi connectivity index (χ1v) is 6.28. The topological polar surface area (TPSA) is 96.3 Å². The third-order valence-electron chi connectivity index (χ3n) is 2.23. The molecular formula is C11H12N4O3S. The van der Waals surface area contributed by atoms with E-state index in [4.69, 9.17) is 4.42 Å². The van der Waals surface area contributed by atoms with Gasteiger partial charge >= 0.3 is 6.03 Å². The van der Waals surface area contributed by atoms with Crippen molar-refractivity contribution in [1.82, 2.24) is 15.8 Å². The molecule has 0 saturated carbocycles. The van der Waals surface area contributed by atoms with Gasteiger partial charge in [-0.15, -0.1) is 11.3 Å². The number of carbonyl (C=O) groups excluding carboxylic acids is 2. The standard InChI is InChI=1S/C11H12N4O3S/c1-6-5-8(7(2)18-6)9(16)14-15-10(17)13-11-12-3-4-19-11/h3-5H,1-2H3,(H,14,16)(H2,12,13,15,17). The normalized spacial score (nSPS) is 10.0. The summed E-state index contributed by atoms with van der Waals surface area (Å²) < 4.78 is 5.23. The molecule has 0 spiro atoms. The number of thiazole rings is 1. The smallest absolute Gasteiger partial charge is 0.339 e. The molecule has 0 aliphatic heterocycles. The number of amides is 3. The Morgan fingerprint density at radius 3 is 2.68 bits per heavy atom. The van der Waals surface area contributed by atoms with Crippen molar-refractivity contribution in [1.29, 1.82) is 0 Å². The predicted molar refractivity (Wildman–Crippen MR) is 69.9 cm³/mol. The van der Waals surface area contributed by atoms with Crippen LogP contribution in [-0.2, 0) is 0 Å². The monoisotopic (exact) mass is 280 g/mol. The van der Waals surface area contributed by atoms with E-state index in [1.54, 1.807) is 31.5 Å². The predicted octanol–water partition coefficient (Wildman–Crippen LogP) is 1.82. The van der Waals surface area contributed by atoms with E-state index in [0.717, 1.165) is 0 Å². The molecule has 100 valence electrons. The average molecular weight is 280 g/mol. The van der Waals surface area contributed by atoms with E-state index in [-0.39, 0.29) is 0 Å². The molecule has 2 rings (SSSR count). The molecule has 19 heavy (non-hydrogen) atoms. The highest BCUT2D eigenvalue weighted by molar-refractivity contribution is 7.13. The van der Waals surface area contributed by atoms with Gasteiger partial charge in [0.2, 0.25) is 0 Å². The van der Waals surface area contributed by atoms with E-state index in [0.29, 0.717) is 22.2 Å². The van der Waals surface area contributed by atoms with Gasteiger partial charge in [-0.1, -0.05) is 0 Å². The highest BCUT2D eigenvalue weighted by atomic mass is 32.1. The molecule has 0 fully saturated rings. The summed E-state index contributed by atoms with van der Waals surface area (Å²) in [6, 6.07) is 1.03. The molecule has 0 atom stereocenters. The van der Waals surface area contributed by atoms with Gasteiger partial charge in [0.05, 0.1) is 5.56 Å². The highest BCUT2D eigenvalue weighted by Crippen LogP contribution is 2.13. The van der Waals surface area contributed by atoms with Crippen LogP contribution in [0.3, 0.4) is 0 Å². The molecule has 2 heterocycles. The van der Waals surface area contributed by atoms with E-state index in [1.807, 2.05) is 0 Å². The lowest BCUT2D eigenvalue weighted by Gasteiger charge is -2.06. The van der Waals surface area contributed by atoms with Crippen molar-refractivity contribution >= 4 is 28.4 Å². The van der Waals surface area contributed by atoms with Crippen LogP contribution >= 0.6 is 11.3 Å². The molecule has 7 nitrogen and oxygen atoms in total. The molecule has 0 radical (unpaired) electrons. The summed E-state index contributed by atoms with van der Waals surface area (Å²) in [6.45, 7) is 3.42. The van der Waals surface area contributed by atoms with Gasteiger partial charge in [0.15, 0.2) is 5.13 Å². The van der Waals surface area contributed by atoms with Gasteiger partial charge in [-0.2, -0.15) is 0 Å². The Labute approximate surface area is 113 Å². The van der Waals surface area contributed by atoms with E-state index in [1.165, 1.54) is 11.3 Å². The zero-order valence-electron chi connectivity index (χ0n) is 10.3. The van der Waals surface area contributed by atoms with Gasteiger partial charge in [-0.05, 0) is 19.9 Å². The van der Waals surface area contributed by atoms with Crippen LogP contribution in [0.15, 0.2) is 22.1 Å². The number of furan rings is 1. The van der Waals surface area contributed by atoms with Crippen LogP contribution in [0.4, 0.5) is 9.93 Å². The van der Waals surface area contributed by atoms with Gasteiger partial charge in [0.1, 0.15) is 11.5 Å². The summed E-state index contributed by atoms with van der Waals surface area (Å²) in [4.78, 5) is 27.1. The number of carbonyl (C=O) groups is 2. The lowest BCUT2D eigenvalue weighted by Crippen LogP contribution is -2.43. The zero-order chi connectivity index (χ0) is 13.8. The molecular weight excluding hydrogens is 268 g/mol. The molecule has 0 saturated heterocycles. The quantitative estimate of drug-likeness (QED) is 0.731. The molecule has 0 aliphatic carbocycles. The number of anilines is 1. The largest absolute Gasteiger partial charge is 0.466 e. The summed E-state index contributed by atoms with van der Waals surface area (Å²) >= 11 is 1.28. The zero-order valence-corrected chi connectivity index (χ0v) is 11.1. The molecule has 8 heteroatoms. The molecule has 2 aromatic rings. The van der Waals surface area contributed by atoms with Crippen molar-refractivity contribution in [2.45, 2.75) is 13.8 Å². The minimum atomic E-state index is -0.568. The summed E-state index contributed by atoms with van der Waals surface area (Å²) in [5.41, 5.74) is 4.89. The third-order valence-corrected chi connectivity index (χ3v) is 2.92. The number of hydrazine groups is 1. The number of nitrogens with zero attached hydrogens (tertiary/aromatic N) is 1. The maximum Gasteiger partial charge on any atom is 0.339 e. The summed E-state index contributed by atoms with van der Waals surface area (Å²) in [5.74, 6) is 0.690. The fraction of sp³-hybridized carbons (Fsp3) is 0.182. The number of hydrogen-bond acceptors (Lipinski definition) is 5. The van der Waals surface area contributed by atoms with E-state index >= 15 is 0 Å². The Morgan fingerprint density at radius 1 is 1.32 bits per heavy atom. The molecule has 3 N–H and O–H groups in total.